The summed E-state index contributed by atoms with van der Waals surface area (Å²) in [5.74, 6) is 0.155. The summed E-state index contributed by atoms with van der Waals surface area (Å²) in [5.41, 5.74) is 1.66. The van der Waals surface area contributed by atoms with Gasteiger partial charge in [-0.3, -0.25) is 10.1 Å². The van der Waals surface area contributed by atoms with Gasteiger partial charge in [-0.25, -0.2) is 0 Å². The van der Waals surface area contributed by atoms with Crippen LogP contribution < -0.4 is 4.90 Å². The lowest BCUT2D eigenvalue weighted by atomic mass is 10.1. The molecule has 0 saturated heterocycles. The van der Waals surface area contributed by atoms with Crippen LogP contribution in [0.3, 0.4) is 0 Å². The molecule has 0 atom stereocenters. The second-order valence-electron chi connectivity index (χ2n) is 4.49. The highest BCUT2D eigenvalue weighted by Crippen LogP contribution is 2.27. The maximum atomic E-state index is 10.9. The summed E-state index contributed by atoms with van der Waals surface area (Å²) < 4.78 is 0. The van der Waals surface area contributed by atoms with E-state index in [0.717, 1.165) is 18.7 Å². The summed E-state index contributed by atoms with van der Waals surface area (Å²) in [6.07, 6.45) is 1.03. The van der Waals surface area contributed by atoms with Crippen molar-refractivity contribution in [3.05, 3.63) is 33.9 Å². The Morgan fingerprint density at radius 1 is 1.44 bits per heavy atom. The third-order valence-electron chi connectivity index (χ3n) is 2.82. The number of rotatable bonds is 6. The van der Waals surface area contributed by atoms with Crippen molar-refractivity contribution in [2.75, 3.05) is 11.4 Å². The zero-order valence-corrected chi connectivity index (χ0v) is 11.8. The van der Waals surface area contributed by atoms with Crippen molar-refractivity contribution in [2.24, 2.45) is 0 Å². The Morgan fingerprint density at radius 3 is 2.56 bits per heavy atom. The predicted molar refractivity (Wildman–Crippen MR) is 75.4 cm³/mol. The third kappa shape index (κ3) is 3.35. The summed E-state index contributed by atoms with van der Waals surface area (Å²) >= 11 is 5.79. The fourth-order valence-electron chi connectivity index (χ4n) is 1.96. The first-order valence-corrected chi connectivity index (χ1v) is 6.64. The Balaban J connectivity index is 3.13. The van der Waals surface area contributed by atoms with Gasteiger partial charge in [0.25, 0.3) is 5.69 Å². The summed E-state index contributed by atoms with van der Waals surface area (Å²) in [6.45, 7) is 7.26. The first-order chi connectivity index (χ1) is 8.51. The van der Waals surface area contributed by atoms with Crippen LogP contribution in [0.15, 0.2) is 18.2 Å². The number of nitro benzene ring substituents is 1. The molecule has 0 aliphatic heterocycles. The number of hydrogen-bond acceptors (Lipinski definition) is 3. The molecule has 1 aromatic rings. The fourth-order valence-corrected chi connectivity index (χ4v) is 2.18. The van der Waals surface area contributed by atoms with Gasteiger partial charge in [0.1, 0.15) is 0 Å². The van der Waals surface area contributed by atoms with Gasteiger partial charge in [0.15, 0.2) is 0 Å². The van der Waals surface area contributed by atoms with Crippen LogP contribution in [-0.4, -0.2) is 17.5 Å². The van der Waals surface area contributed by atoms with Crippen molar-refractivity contribution in [3.8, 4) is 0 Å². The number of anilines is 1. The fraction of sp³-hybridized carbons (Fsp3) is 0.538. The molecular weight excluding hydrogens is 252 g/mol. The number of nitrogens with zero attached hydrogens (tertiary/aromatic N) is 2. The lowest BCUT2D eigenvalue weighted by molar-refractivity contribution is -0.385. The molecule has 0 aromatic heterocycles. The summed E-state index contributed by atoms with van der Waals surface area (Å²) in [4.78, 5) is 12.7. The van der Waals surface area contributed by atoms with Gasteiger partial charge in [0, 0.05) is 29.9 Å². The van der Waals surface area contributed by atoms with E-state index < -0.39 is 0 Å². The average molecular weight is 271 g/mol. The monoisotopic (exact) mass is 270 g/mol. The Morgan fingerprint density at radius 2 is 2.11 bits per heavy atom. The second kappa shape index (κ2) is 6.59. The van der Waals surface area contributed by atoms with Gasteiger partial charge in [-0.2, -0.15) is 0 Å². The van der Waals surface area contributed by atoms with E-state index in [1.165, 1.54) is 6.07 Å². The second-order valence-corrected chi connectivity index (χ2v) is 4.76. The molecule has 0 fully saturated rings. The lowest BCUT2D eigenvalue weighted by Crippen LogP contribution is -2.31. The van der Waals surface area contributed by atoms with Crippen molar-refractivity contribution < 1.29 is 4.92 Å². The minimum atomic E-state index is -0.388. The maximum Gasteiger partial charge on any atom is 0.273 e. The lowest BCUT2D eigenvalue weighted by Gasteiger charge is -2.28. The Labute approximate surface area is 113 Å². The highest BCUT2D eigenvalue weighted by Gasteiger charge is 2.16. The zero-order chi connectivity index (χ0) is 13.7. The quantitative estimate of drug-likeness (QED) is 0.447. The molecule has 0 bridgehead atoms. The Bertz CT molecular complexity index is 421. The minimum absolute atomic E-state index is 0.0916. The van der Waals surface area contributed by atoms with Crippen LogP contribution in [0.5, 0.6) is 0 Å². The van der Waals surface area contributed by atoms with Crippen molar-refractivity contribution in [3.63, 3.8) is 0 Å². The standard InChI is InChI=1S/C13H19ClN2O2/c1-4-7-15(10(2)3)12-5-6-13(16(17)18)11(8-12)9-14/h5-6,8,10H,4,7,9H2,1-3H3. The molecule has 1 rings (SSSR count). The SMILES string of the molecule is CCCN(c1ccc([N+](=O)[O-])c(CCl)c1)C(C)C. The van der Waals surface area contributed by atoms with Gasteiger partial charge < -0.3 is 4.90 Å². The van der Waals surface area contributed by atoms with Crippen molar-refractivity contribution in [1.82, 2.24) is 0 Å². The molecular formula is C13H19ClN2O2. The van der Waals surface area contributed by atoms with Gasteiger partial charge in [-0.05, 0) is 32.4 Å². The van der Waals surface area contributed by atoms with E-state index in [2.05, 4.69) is 25.7 Å². The number of halogens is 1. The highest BCUT2D eigenvalue weighted by atomic mass is 35.5. The van der Waals surface area contributed by atoms with Crippen molar-refractivity contribution in [2.45, 2.75) is 39.1 Å². The average Bonchev–Trinajstić information content (AvgIpc) is 2.34. The first-order valence-electron chi connectivity index (χ1n) is 6.11. The van der Waals surface area contributed by atoms with Crippen LogP contribution in [0.25, 0.3) is 0 Å². The van der Waals surface area contributed by atoms with E-state index >= 15 is 0 Å². The van der Waals surface area contributed by atoms with E-state index in [9.17, 15) is 10.1 Å². The smallest absolute Gasteiger partial charge is 0.273 e. The summed E-state index contributed by atoms with van der Waals surface area (Å²) in [7, 11) is 0. The molecule has 1 aromatic carbocycles. The van der Waals surface area contributed by atoms with E-state index in [-0.39, 0.29) is 16.5 Å². The number of benzene rings is 1. The van der Waals surface area contributed by atoms with Gasteiger partial charge in [0.2, 0.25) is 0 Å². The molecule has 0 N–H and O–H groups in total. The van der Waals surface area contributed by atoms with Crippen LogP contribution >= 0.6 is 11.6 Å². The Kier molecular flexibility index (Phi) is 5.41. The molecule has 0 aliphatic carbocycles. The summed E-state index contributed by atoms with van der Waals surface area (Å²) in [6, 6.07) is 5.51. The van der Waals surface area contributed by atoms with E-state index in [1.807, 2.05) is 6.07 Å². The van der Waals surface area contributed by atoms with Crippen LogP contribution in [0, 0.1) is 10.1 Å². The van der Waals surface area contributed by atoms with Crippen LogP contribution in [0.4, 0.5) is 11.4 Å². The zero-order valence-electron chi connectivity index (χ0n) is 11.0. The van der Waals surface area contributed by atoms with Gasteiger partial charge in [-0.15, -0.1) is 11.6 Å². The third-order valence-corrected chi connectivity index (χ3v) is 3.11. The normalized spacial score (nSPS) is 10.7. The molecule has 5 heteroatoms. The summed E-state index contributed by atoms with van der Waals surface area (Å²) in [5, 5.41) is 10.9. The molecule has 18 heavy (non-hydrogen) atoms. The molecule has 100 valence electrons. The molecule has 0 radical (unpaired) electrons. The van der Waals surface area contributed by atoms with Gasteiger partial charge in [-0.1, -0.05) is 6.92 Å². The Hall–Kier alpha value is -1.29. The number of hydrogen-bond donors (Lipinski definition) is 0. The highest BCUT2D eigenvalue weighted by molar-refractivity contribution is 6.17. The predicted octanol–water partition coefficient (Wildman–Crippen LogP) is 3.96. The molecule has 0 amide bonds. The largest absolute Gasteiger partial charge is 0.369 e. The molecule has 4 nitrogen and oxygen atoms in total. The topological polar surface area (TPSA) is 46.4 Å². The van der Waals surface area contributed by atoms with Gasteiger partial charge in [0.05, 0.1) is 10.8 Å². The molecule has 0 spiro atoms. The van der Waals surface area contributed by atoms with E-state index in [1.54, 1.807) is 6.07 Å². The van der Waals surface area contributed by atoms with Crippen LogP contribution in [0.2, 0.25) is 0 Å². The van der Waals surface area contributed by atoms with E-state index in [4.69, 9.17) is 11.6 Å². The first kappa shape index (κ1) is 14.8. The minimum Gasteiger partial charge on any atom is -0.369 e. The molecule has 0 saturated carbocycles. The molecule has 0 aliphatic rings. The van der Waals surface area contributed by atoms with Crippen LogP contribution in [-0.2, 0) is 5.88 Å². The number of alkyl halides is 1. The van der Waals surface area contributed by atoms with Crippen molar-refractivity contribution in [1.29, 1.82) is 0 Å². The van der Waals surface area contributed by atoms with E-state index in [0.29, 0.717) is 11.6 Å². The van der Waals surface area contributed by atoms with Gasteiger partial charge >= 0.3 is 0 Å². The molecule has 0 heterocycles. The molecule has 0 unspecified atom stereocenters. The van der Waals surface area contributed by atoms with Crippen molar-refractivity contribution >= 4 is 23.0 Å². The number of nitro groups is 1. The maximum absolute atomic E-state index is 10.9. The van der Waals surface area contributed by atoms with Crippen LogP contribution in [0.1, 0.15) is 32.8 Å².